The Kier molecular flexibility index (Phi) is 3.54. The fourth-order valence-corrected chi connectivity index (χ4v) is 4.04. The summed E-state index contributed by atoms with van der Waals surface area (Å²) in [5.41, 5.74) is 7.70. The largest absolute Gasteiger partial charge is 0.310 e. The molecule has 0 radical (unpaired) electrons. The van der Waals surface area contributed by atoms with E-state index in [-0.39, 0.29) is 5.41 Å². The fraction of sp³-hybridized carbons (Fsp3) is 0.182. The van der Waals surface area contributed by atoms with Crippen molar-refractivity contribution in [1.82, 2.24) is 0 Å². The van der Waals surface area contributed by atoms with E-state index in [4.69, 9.17) is 0 Å². The van der Waals surface area contributed by atoms with Crippen molar-refractivity contribution >= 4 is 33.0 Å². The van der Waals surface area contributed by atoms with E-state index in [0.29, 0.717) is 0 Å². The maximum Gasteiger partial charge on any atom is 0.0503 e. The smallest absolute Gasteiger partial charge is 0.0503 e. The first-order valence-corrected chi connectivity index (χ1v) is 9.04. The van der Waals surface area contributed by atoms with Crippen LogP contribution in [0.5, 0.6) is 0 Å². The highest BCUT2D eigenvalue weighted by molar-refractivity contribution is 9.10. The maximum absolute atomic E-state index is 3.65. The van der Waals surface area contributed by atoms with Crippen molar-refractivity contribution in [2.75, 3.05) is 4.90 Å². The number of fused-ring (bicyclic) bond motifs is 2. The standard InChI is InChI=1S/C22H20BrN/c1-15-9-11-20-18(13-15)22(2,3)19-14-16(23)10-12-21(19)24(20)17-7-5-4-6-8-17/h4-14H,1-3H3. The zero-order valence-corrected chi connectivity index (χ0v) is 15.8. The molecular formula is C22H20BrN. The van der Waals surface area contributed by atoms with E-state index in [0.717, 1.165) is 4.47 Å². The first kappa shape index (κ1) is 15.5. The van der Waals surface area contributed by atoms with Gasteiger partial charge in [0, 0.05) is 15.6 Å². The maximum atomic E-state index is 3.65. The van der Waals surface area contributed by atoms with E-state index in [1.165, 1.54) is 33.8 Å². The van der Waals surface area contributed by atoms with Crippen molar-refractivity contribution in [2.24, 2.45) is 0 Å². The highest BCUT2D eigenvalue weighted by Crippen LogP contribution is 2.52. The molecule has 0 atom stereocenters. The van der Waals surface area contributed by atoms with Crippen molar-refractivity contribution in [3.63, 3.8) is 0 Å². The van der Waals surface area contributed by atoms with Crippen molar-refractivity contribution < 1.29 is 0 Å². The summed E-state index contributed by atoms with van der Waals surface area (Å²) in [4.78, 5) is 2.38. The molecule has 120 valence electrons. The van der Waals surface area contributed by atoms with E-state index in [9.17, 15) is 0 Å². The molecule has 0 saturated carbocycles. The third kappa shape index (κ3) is 2.29. The van der Waals surface area contributed by atoms with Gasteiger partial charge in [0.05, 0.1) is 11.4 Å². The van der Waals surface area contributed by atoms with Crippen LogP contribution in [0.1, 0.15) is 30.5 Å². The Morgan fingerprint density at radius 2 is 1.42 bits per heavy atom. The number of rotatable bonds is 1. The van der Waals surface area contributed by atoms with Crippen molar-refractivity contribution in [3.05, 3.63) is 87.9 Å². The molecule has 1 heterocycles. The van der Waals surface area contributed by atoms with Gasteiger partial charge in [-0.05, 0) is 54.4 Å². The molecule has 0 bridgehead atoms. The molecule has 2 heteroatoms. The number of halogens is 1. The normalized spacial score (nSPS) is 14.9. The predicted octanol–water partition coefficient (Wildman–Crippen LogP) is 6.87. The van der Waals surface area contributed by atoms with Crippen molar-refractivity contribution in [3.8, 4) is 0 Å². The molecule has 1 nitrogen and oxygen atoms in total. The molecule has 0 fully saturated rings. The number of hydrogen-bond donors (Lipinski definition) is 0. The first-order valence-electron chi connectivity index (χ1n) is 8.25. The summed E-state index contributed by atoms with van der Waals surface area (Å²) < 4.78 is 1.12. The Morgan fingerprint density at radius 1 is 0.792 bits per heavy atom. The molecule has 1 aliphatic heterocycles. The van der Waals surface area contributed by atoms with Crippen molar-refractivity contribution in [2.45, 2.75) is 26.2 Å². The van der Waals surface area contributed by atoms with Gasteiger partial charge in [-0.25, -0.2) is 0 Å². The van der Waals surface area contributed by atoms with E-state index in [2.05, 4.69) is 108 Å². The summed E-state index contributed by atoms with van der Waals surface area (Å²) in [5, 5.41) is 0. The van der Waals surface area contributed by atoms with Gasteiger partial charge in [0.1, 0.15) is 0 Å². The van der Waals surface area contributed by atoms with Gasteiger partial charge in [-0.1, -0.05) is 65.7 Å². The average Bonchev–Trinajstić information content (AvgIpc) is 2.57. The summed E-state index contributed by atoms with van der Waals surface area (Å²) in [7, 11) is 0. The quantitative estimate of drug-likeness (QED) is 0.447. The molecule has 24 heavy (non-hydrogen) atoms. The second kappa shape index (κ2) is 5.49. The van der Waals surface area contributed by atoms with Crippen LogP contribution in [0.25, 0.3) is 0 Å². The van der Waals surface area contributed by atoms with Crippen LogP contribution >= 0.6 is 15.9 Å². The molecule has 0 spiro atoms. The molecule has 3 aromatic rings. The van der Waals surface area contributed by atoms with Gasteiger partial charge in [0.2, 0.25) is 0 Å². The van der Waals surface area contributed by atoms with Crippen LogP contribution in [0.15, 0.2) is 71.2 Å². The van der Waals surface area contributed by atoms with Gasteiger partial charge in [-0.2, -0.15) is 0 Å². The predicted molar refractivity (Wildman–Crippen MR) is 106 cm³/mol. The van der Waals surface area contributed by atoms with Gasteiger partial charge in [-0.15, -0.1) is 0 Å². The number of para-hydroxylation sites is 1. The lowest BCUT2D eigenvalue weighted by Crippen LogP contribution is -2.30. The minimum Gasteiger partial charge on any atom is -0.310 e. The number of benzene rings is 3. The van der Waals surface area contributed by atoms with Crippen LogP contribution < -0.4 is 4.90 Å². The monoisotopic (exact) mass is 377 g/mol. The minimum atomic E-state index is -0.0360. The Balaban J connectivity index is 2.07. The van der Waals surface area contributed by atoms with Gasteiger partial charge in [0.15, 0.2) is 0 Å². The van der Waals surface area contributed by atoms with Gasteiger partial charge in [0.25, 0.3) is 0 Å². The van der Waals surface area contributed by atoms with Gasteiger partial charge in [-0.3, -0.25) is 0 Å². The molecule has 0 saturated heterocycles. The molecule has 1 aliphatic rings. The molecule has 3 aromatic carbocycles. The third-order valence-electron chi connectivity index (χ3n) is 4.95. The zero-order chi connectivity index (χ0) is 16.9. The van der Waals surface area contributed by atoms with E-state index >= 15 is 0 Å². The zero-order valence-electron chi connectivity index (χ0n) is 14.2. The molecule has 4 rings (SSSR count). The lowest BCUT2D eigenvalue weighted by atomic mass is 9.73. The summed E-state index contributed by atoms with van der Waals surface area (Å²) >= 11 is 3.65. The van der Waals surface area contributed by atoms with Crippen LogP contribution in [0, 0.1) is 6.92 Å². The molecule has 0 aromatic heterocycles. The molecule has 0 N–H and O–H groups in total. The highest BCUT2D eigenvalue weighted by atomic mass is 79.9. The van der Waals surface area contributed by atoms with Crippen LogP contribution in [-0.4, -0.2) is 0 Å². The van der Waals surface area contributed by atoms with Gasteiger partial charge < -0.3 is 4.90 Å². The Morgan fingerprint density at radius 3 is 2.12 bits per heavy atom. The summed E-state index contributed by atoms with van der Waals surface area (Å²) in [6.45, 7) is 6.80. The van der Waals surface area contributed by atoms with Crippen LogP contribution in [0.3, 0.4) is 0 Å². The first-order chi connectivity index (χ1) is 11.5. The Hall–Kier alpha value is -2.06. The van der Waals surface area contributed by atoms with Crippen LogP contribution in [0.4, 0.5) is 17.1 Å². The van der Waals surface area contributed by atoms with E-state index in [1.807, 2.05) is 0 Å². The topological polar surface area (TPSA) is 3.24 Å². The molecular weight excluding hydrogens is 358 g/mol. The summed E-state index contributed by atoms with van der Waals surface area (Å²) in [5.74, 6) is 0. The van der Waals surface area contributed by atoms with E-state index < -0.39 is 0 Å². The van der Waals surface area contributed by atoms with Crippen LogP contribution in [-0.2, 0) is 5.41 Å². The second-order valence-corrected chi connectivity index (χ2v) is 7.89. The lowest BCUT2D eigenvalue weighted by molar-refractivity contribution is 0.631. The average molecular weight is 378 g/mol. The molecule has 0 aliphatic carbocycles. The second-order valence-electron chi connectivity index (χ2n) is 6.98. The molecule has 0 unspecified atom stereocenters. The third-order valence-corrected chi connectivity index (χ3v) is 5.45. The number of aryl methyl sites for hydroxylation is 1. The Bertz CT molecular complexity index is 857. The number of anilines is 3. The summed E-state index contributed by atoms with van der Waals surface area (Å²) in [6.07, 6.45) is 0. The summed E-state index contributed by atoms with van der Waals surface area (Å²) in [6, 6.07) is 24.0. The SMILES string of the molecule is Cc1ccc2c(c1)C(C)(C)c1cc(Br)ccc1N2c1ccccc1. The Labute approximate surface area is 152 Å². The van der Waals surface area contributed by atoms with Gasteiger partial charge >= 0.3 is 0 Å². The molecule has 0 amide bonds. The minimum absolute atomic E-state index is 0.0360. The van der Waals surface area contributed by atoms with Crippen LogP contribution in [0.2, 0.25) is 0 Å². The lowest BCUT2D eigenvalue weighted by Gasteiger charge is -2.42. The number of hydrogen-bond acceptors (Lipinski definition) is 1. The van der Waals surface area contributed by atoms with Crippen molar-refractivity contribution in [1.29, 1.82) is 0 Å². The fourth-order valence-electron chi connectivity index (χ4n) is 3.68. The van der Waals surface area contributed by atoms with E-state index in [1.54, 1.807) is 0 Å². The highest BCUT2D eigenvalue weighted by Gasteiger charge is 2.36. The number of nitrogens with zero attached hydrogens (tertiary/aromatic N) is 1.